The number of anilines is 1. The third-order valence-electron chi connectivity index (χ3n) is 4.53. The molecule has 3 rings (SSSR count). The van der Waals surface area contributed by atoms with E-state index in [0.717, 1.165) is 12.2 Å². The van der Waals surface area contributed by atoms with E-state index < -0.39 is 0 Å². The van der Waals surface area contributed by atoms with Gasteiger partial charge in [0.2, 0.25) is 0 Å². The van der Waals surface area contributed by atoms with E-state index in [2.05, 4.69) is 18.0 Å². The smallest absolute Gasteiger partial charge is 0.133 e. The summed E-state index contributed by atoms with van der Waals surface area (Å²) in [6.45, 7) is 0.604. The van der Waals surface area contributed by atoms with Crippen LogP contribution in [0.15, 0.2) is 6.07 Å². The Balaban J connectivity index is 1.95. The SMILES string of the molecule is CN(c1nc2c(cc1CN)CCCC2)C1CCC1. The fourth-order valence-electron chi connectivity index (χ4n) is 3.07. The van der Waals surface area contributed by atoms with Crippen LogP contribution in [0.5, 0.6) is 0 Å². The number of nitrogens with two attached hydrogens (primary N) is 1. The summed E-state index contributed by atoms with van der Waals surface area (Å²) < 4.78 is 0. The molecule has 2 aliphatic carbocycles. The molecule has 1 heterocycles. The number of nitrogens with zero attached hydrogens (tertiary/aromatic N) is 2. The van der Waals surface area contributed by atoms with Crippen LogP contribution < -0.4 is 10.6 Å². The van der Waals surface area contributed by atoms with Crippen LogP contribution >= 0.6 is 0 Å². The molecule has 0 atom stereocenters. The van der Waals surface area contributed by atoms with Crippen LogP contribution in [-0.2, 0) is 19.4 Å². The molecular weight excluding hydrogens is 222 g/mol. The molecule has 0 spiro atoms. The molecular formula is C15H23N3. The third kappa shape index (κ3) is 2.01. The molecule has 0 aromatic carbocycles. The first-order valence-corrected chi connectivity index (χ1v) is 7.24. The predicted molar refractivity (Wildman–Crippen MR) is 74.8 cm³/mol. The molecule has 1 fully saturated rings. The quantitative estimate of drug-likeness (QED) is 0.889. The molecule has 18 heavy (non-hydrogen) atoms. The van der Waals surface area contributed by atoms with Crippen molar-refractivity contribution in [1.29, 1.82) is 0 Å². The molecule has 1 aromatic heterocycles. The van der Waals surface area contributed by atoms with Crippen LogP contribution in [0.25, 0.3) is 0 Å². The van der Waals surface area contributed by atoms with Gasteiger partial charge in [0.25, 0.3) is 0 Å². The number of aryl methyl sites for hydroxylation is 2. The summed E-state index contributed by atoms with van der Waals surface area (Å²) in [4.78, 5) is 7.29. The van der Waals surface area contributed by atoms with Crippen LogP contribution in [0, 0.1) is 0 Å². The van der Waals surface area contributed by atoms with Crippen LogP contribution in [0.4, 0.5) is 5.82 Å². The Morgan fingerprint density at radius 3 is 2.72 bits per heavy atom. The Labute approximate surface area is 109 Å². The van der Waals surface area contributed by atoms with Crippen molar-refractivity contribution in [2.75, 3.05) is 11.9 Å². The molecule has 3 heteroatoms. The summed E-state index contributed by atoms with van der Waals surface area (Å²) in [5.74, 6) is 1.14. The zero-order valence-corrected chi connectivity index (χ0v) is 11.3. The molecule has 0 radical (unpaired) electrons. The van der Waals surface area contributed by atoms with Crippen molar-refractivity contribution in [3.63, 3.8) is 0 Å². The van der Waals surface area contributed by atoms with E-state index in [9.17, 15) is 0 Å². The Morgan fingerprint density at radius 1 is 1.28 bits per heavy atom. The van der Waals surface area contributed by atoms with Crippen molar-refractivity contribution < 1.29 is 0 Å². The monoisotopic (exact) mass is 245 g/mol. The van der Waals surface area contributed by atoms with Gasteiger partial charge in [-0.15, -0.1) is 0 Å². The van der Waals surface area contributed by atoms with Gasteiger partial charge in [-0.3, -0.25) is 0 Å². The lowest BCUT2D eigenvalue weighted by Gasteiger charge is -2.37. The minimum Gasteiger partial charge on any atom is -0.356 e. The standard InChI is InChI=1S/C15H23N3/c1-18(13-6-4-7-13)15-12(10-16)9-11-5-2-3-8-14(11)17-15/h9,13H,2-8,10,16H2,1H3. The van der Waals surface area contributed by atoms with Crippen molar-refractivity contribution in [1.82, 2.24) is 4.98 Å². The molecule has 2 aliphatic rings. The van der Waals surface area contributed by atoms with Crippen LogP contribution in [0.3, 0.4) is 0 Å². The van der Waals surface area contributed by atoms with Gasteiger partial charge in [-0.05, 0) is 56.6 Å². The predicted octanol–water partition coefficient (Wildman–Crippen LogP) is 2.41. The minimum absolute atomic E-state index is 0.604. The van der Waals surface area contributed by atoms with Gasteiger partial charge in [-0.25, -0.2) is 4.98 Å². The van der Waals surface area contributed by atoms with E-state index in [4.69, 9.17) is 10.7 Å². The van der Waals surface area contributed by atoms with E-state index in [1.807, 2.05) is 0 Å². The fourth-order valence-corrected chi connectivity index (χ4v) is 3.07. The number of hydrogen-bond donors (Lipinski definition) is 1. The number of fused-ring (bicyclic) bond motifs is 1. The molecule has 0 bridgehead atoms. The number of hydrogen-bond acceptors (Lipinski definition) is 3. The fraction of sp³-hybridized carbons (Fsp3) is 0.667. The first kappa shape index (κ1) is 12.0. The highest BCUT2D eigenvalue weighted by molar-refractivity contribution is 5.51. The molecule has 0 saturated heterocycles. The normalized spacial score (nSPS) is 19.2. The first-order valence-electron chi connectivity index (χ1n) is 7.24. The van der Waals surface area contributed by atoms with Gasteiger partial charge in [-0.1, -0.05) is 0 Å². The first-order chi connectivity index (χ1) is 8.79. The highest BCUT2D eigenvalue weighted by Crippen LogP contribution is 2.31. The molecule has 3 nitrogen and oxygen atoms in total. The highest BCUT2D eigenvalue weighted by Gasteiger charge is 2.25. The third-order valence-corrected chi connectivity index (χ3v) is 4.53. The Kier molecular flexibility index (Phi) is 3.25. The van der Waals surface area contributed by atoms with Crippen molar-refractivity contribution in [3.05, 3.63) is 22.9 Å². The molecule has 0 unspecified atom stereocenters. The second kappa shape index (κ2) is 4.88. The van der Waals surface area contributed by atoms with Crippen LogP contribution in [-0.4, -0.2) is 18.1 Å². The summed E-state index contributed by atoms with van der Waals surface area (Å²) in [7, 11) is 2.18. The second-order valence-corrected chi connectivity index (χ2v) is 5.68. The van der Waals surface area contributed by atoms with E-state index in [1.54, 1.807) is 0 Å². The van der Waals surface area contributed by atoms with Crippen LogP contribution in [0.2, 0.25) is 0 Å². The number of rotatable bonds is 3. The largest absolute Gasteiger partial charge is 0.356 e. The lowest BCUT2D eigenvalue weighted by Crippen LogP contribution is -2.38. The molecule has 2 N–H and O–H groups in total. The maximum Gasteiger partial charge on any atom is 0.133 e. The molecule has 1 aromatic rings. The Hall–Kier alpha value is -1.09. The second-order valence-electron chi connectivity index (χ2n) is 5.68. The van der Waals surface area contributed by atoms with Gasteiger partial charge in [0.1, 0.15) is 5.82 Å². The van der Waals surface area contributed by atoms with E-state index in [1.165, 1.54) is 55.3 Å². The molecule has 1 saturated carbocycles. The topological polar surface area (TPSA) is 42.2 Å². The average molecular weight is 245 g/mol. The summed E-state index contributed by atoms with van der Waals surface area (Å²) in [6, 6.07) is 3.00. The van der Waals surface area contributed by atoms with Crippen molar-refractivity contribution in [2.45, 2.75) is 57.5 Å². The van der Waals surface area contributed by atoms with E-state index in [0.29, 0.717) is 12.6 Å². The zero-order chi connectivity index (χ0) is 12.5. The van der Waals surface area contributed by atoms with Crippen LogP contribution in [0.1, 0.15) is 48.9 Å². The minimum atomic E-state index is 0.604. The summed E-state index contributed by atoms with van der Waals surface area (Å²) in [5, 5.41) is 0. The van der Waals surface area contributed by atoms with E-state index >= 15 is 0 Å². The molecule has 98 valence electrons. The van der Waals surface area contributed by atoms with Crippen molar-refractivity contribution >= 4 is 5.82 Å². The molecule has 0 aliphatic heterocycles. The van der Waals surface area contributed by atoms with Gasteiger partial charge in [0.05, 0.1) is 0 Å². The lowest BCUT2D eigenvalue weighted by atomic mass is 9.91. The maximum absolute atomic E-state index is 5.91. The molecule has 0 amide bonds. The summed E-state index contributed by atoms with van der Waals surface area (Å²) in [5.41, 5.74) is 9.90. The Bertz CT molecular complexity index is 438. The van der Waals surface area contributed by atoms with Gasteiger partial charge < -0.3 is 10.6 Å². The van der Waals surface area contributed by atoms with Gasteiger partial charge in [0, 0.05) is 30.9 Å². The van der Waals surface area contributed by atoms with Gasteiger partial charge in [0.15, 0.2) is 0 Å². The summed E-state index contributed by atoms with van der Waals surface area (Å²) >= 11 is 0. The van der Waals surface area contributed by atoms with Gasteiger partial charge >= 0.3 is 0 Å². The number of aromatic nitrogens is 1. The Morgan fingerprint density at radius 2 is 2.06 bits per heavy atom. The highest BCUT2D eigenvalue weighted by atomic mass is 15.2. The van der Waals surface area contributed by atoms with Crippen molar-refractivity contribution in [2.24, 2.45) is 5.73 Å². The summed E-state index contributed by atoms with van der Waals surface area (Å²) in [6.07, 6.45) is 8.88. The van der Waals surface area contributed by atoms with Gasteiger partial charge in [-0.2, -0.15) is 0 Å². The lowest BCUT2D eigenvalue weighted by molar-refractivity contribution is 0.398. The van der Waals surface area contributed by atoms with E-state index in [-0.39, 0.29) is 0 Å². The zero-order valence-electron chi connectivity index (χ0n) is 11.3. The van der Waals surface area contributed by atoms with Crippen molar-refractivity contribution in [3.8, 4) is 0 Å². The maximum atomic E-state index is 5.91. The average Bonchev–Trinajstić information content (AvgIpc) is 2.35. The number of pyridine rings is 1.